The lowest BCUT2D eigenvalue weighted by Gasteiger charge is -2.06. The van der Waals surface area contributed by atoms with Crippen molar-refractivity contribution in [3.8, 4) is 0 Å². The van der Waals surface area contributed by atoms with Gasteiger partial charge in [-0.2, -0.15) is 0 Å². The van der Waals surface area contributed by atoms with Gasteiger partial charge in [-0.15, -0.1) is 0 Å². The quantitative estimate of drug-likeness (QED) is 0.403. The second-order valence-corrected chi connectivity index (χ2v) is 5.96. The molecule has 4 aromatic carbocycles. The Morgan fingerprint density at radius 2 is 1.38 bits per heavy atom. The van der Waals surface area contributed by atoms with Gasteiger partial charge in [0.1, 0.15) is 11.2 Å². The van der Waals surface area contributed by atoms with Crippen molar-refractivity contribution < 1.29 is 4.42 Å². The summed E-state index contributed by atoms with van der Waals surface area (Å²) in [6, 6.07) is 29.1. The maximum atomic E-state index is 6.04. The molecule has 0 saturated carbocycles. The monoisotopic (exact) mass is 309 g/mol. The van der Waals surface area contributed by atoms with E-state index in [0.717, 1.165) is 27.9 Å². The highest BCUT2D eigenvalue weighted by molar-refractivity contribution is 6.19. The third-order valence-electron chi connectivity index (χ3n) is 4.42. The first-order chi connectivity index (χ1) is 11.9. The summed E-state index contributed by atoms with van der Waals surface area (Å²) in [4.78, 5) is 0. The second kappa shape index (κ2) is 5.14. The fourth-order valence-electron chi connectivity index (χ4n) is 3.31. The van der Waals surface area contributed by atoms with Crippen LogP contribution in [-0.4, -0.2) is 0 Å². The van der Waals surface area contributed by atoms with E-state index in [1.807, 2.05) is 24.3 Å². The van der Waals surface area contributed by atoms with E-state index in [1.165, 1.54) is 16.2 Å². The van der Waals surface area contributed by atoms with E-state index in [4.69, 9.17) is 4.42 Å². The highest BCUT2D eigenvalue weighted by Crippen LogP contribution is 2.36. The molecule has 2 nitrogen and oxygen atoms in total. The van der Waals surface area contributed by atoms with Gasteiger partial charge in [0.2, 0.25) is 0 Å². The lowest BCUT2D eigenvalue weighted by Crippen LogP contribution is -1.88. The number of hydrogen-bond acceptors (Lipinski definition) is 2. The zero-order valence-electron chi connectivity index (χ0n) is 13.0. The van der Waals surface area contributed by atoms with Gasteiger partial charge in [0, 0.05) is 22.1 Å². The first kappa shape index (κ1) is 13.2. The summed E-state index contributed by atoms with van der Waals surface area (Å²) in [6.07, 6.45) is 0. The summed E-state index contributed by atoms with van der Waals surface area (Å²) in [7, 11) is 0. The number of nitrogens with one attached hydrogen (secondary N) is 1. The molecule has 0 radical (unpaired) electrons. The molecule has 0 fully saturated rings. The van der Waals surface area contributed by atoms with E-state index in [2.05, 4.69) is 66.0 Å². The molecule has 114 valence electrons. The molecule has 0 aliphatic rings. The molecule has 5 aromatic rings. The van der Waals surface area contributed by atoms with Gasteiger partial charge in [-0.1, -0.05) is 48.5 Å². The van der Waals surface area contributed by atoms with Crippen LogP contribution in [0.5, 0.6) is 0 Å². The number of benzene rings is 4. The van der Waals surface area contributed by atoms with Crippen LogP contribution < -0.4 is 5.32 Å². The van der Waals surface area contributed by atoms with Crippen molar-refractivity contribution in [3.63, 3.8) is 0 Å². The number of furan rings is 1. The van der Waals surface area contributed by atoms with Crippen LogP contribution in [0.2, 0.25) is 0 Å². The summed E-state index contributed by atoms with van der Waals surface area (Å²) in [5, 5.41) is 8.24. The van der Waals surface area contributed by atoms with Crippen LogP contribution >= 0.6 is 0 Å². The smallest absolute Gasteiger partial charge is 0.136 e. The zero-order valence-corrected chi connectivity index (χ0v) is 13.0. The molecule has 0 saturated heterocycles. The van der Waals surface area contributed by atoms with Crippen molar-refractivity contribution >= 4 is 44.1 Å². The van der Waals surface area contributed by atoms with E-state index in [9.17, 15) is 0 Å². The number of rotatable bonds is 2. The van der Waals surface area contributed by atoms with Crippen molar-refractivity contribution in [2.75, 3.05) is 5.32 Å². The molecule has 24 heavy (non-hydrogen) atoms. The van der Waals surface area contributed by atoms with Crippen LogP contribution in [0.4, 0.5) is 11.4 Å². The van der Waals surface area contributed by atoms with E-state index < -0.39 is 0 Å². The summed E-state index contributed by atoms with van der Waals surface area (Å²) in [6.45, 7) is 0. The second-order valence-electron chi connectivity index (χ2n) is 5.96. The van der Waals surface area contributed by atoms with Crippen molar-refractivity contribution in [3.05, 3.63) is 84.9 Å². The lowest BCUT2D eigenvalue weighted by atomic mass is 10.0. The van der Waals surface area contributed by atoms with Crippen LogP contribution in [-0.2, 0) is 0 Å². The predicted molar refractivity (Wildman–Crippen MR) is 101 cm³/mol. The van der Waals surface area contributed by atoms with Gasteiger partial charge in [0.05, 0.1) is 0 Å². The molecule has 0 bridgehead atoms. The molecule has 0 unspecified atom stereocenters. The minimum Gasteiger partial charge on any atom is -0.456 e. The van der Waals surface area contributed by atoms with Crippen LogP contribution in [0.1, 0.15) is 0 Å². The fourth-order valence-corrected chi connectivity index (χ4v) is 3.31. The molecule has 1 N–H and O–H groups in total. The molecular weight excluding hydrogens is 294 g/mol. The average molecular weight is 309 g/mol. The molecule has 0 aliphatic heterocycles. The lowest BCUT2D eigenvalue weighted by molar-refractivity contribution is 0.669. The standard InChI is InChI=1S/C22H15NO/c1-2-7-16(8-3-1)23-17-11-13-20-19(14-17)22-18-9-5-4-6-15(18)10-12-21(22)24-20/h1-14,23H. The Labute approximate surface area is 139 Å². The van der Waals surface area contributed by atoms with E-state index in [-0.39, 0.29) is 0 Å². The zero-order chi connectivity index (χ0) is 15.9. The minimum atomic E-state index is 0.917. The summed E-state index contributed by atoms with van der Waals surface area (Å²) >= 11 is 0. The average Bonchev–Trinajstić information content (AvgIpc) is 3.01. The van der Waals surface area contributed by atoms with Crippen molar-refractivity contribution in [1.29, 1.82) is 0 Å². The summed E-state index contributed by atoms with van der Waals surface area (Å²) in [5.41, 5.74) is 3.99. The fraction of sp³-hybridized carbons (Fsp3) is 0. The number of para-hydroxylation sites is 1. The van der Waals surface area contributed by atoms with E-state index in [0.29, 0.717) is 0 Å². The Balaban J connectivity index is 1.75. The molecule has 0 aliphatic carbocycles. The molecule has 1 heterocycles. The maximum Gasteiger partial charge on any atom is 0.136 e. The van der Waals surface area contributed by atoms with Crippen molar-refractivity contribution in [2.45, 2.75) is 0 Å². The van der Waals surface area contributed by atoms with Crippen molar-refractivity contribution in [2.24, 2.45) is 0 Å². The third-order valence-corrected chi connectivity index (χ3v) is 4.42. The topological polar surface area (TPSA) is 25.2 Å². The van der Waals surface area contributed by atoms with Gasteiger partial charge in [0.25, 0.3) is 0 Å². The Bertz CT molecular complexity index is 1170. The van der Waals surface area contributed by atoms with Gasteiger partial charge in [0.15, 0.2) is 0 Å². The normalized spacial score (nSPS) is 11.3. The van der Waals surface area contributed by atoms with Crippen LogP contribution in [0.25, 0.3) is 32.7 Å². The Morgan fingerprint density at radius 3 is 2.29 bits per heavy atom. The highest BCUT2D eigenvalue weighted by Gasteiger charge is 2.10. The van der Waals surface area contributed by atoms with Gasteiger partial charge in [-0.25, -0.2) is 0 Å². The van der Waals surface area contributed by atoms with Crippen molar-refractivity contribution in [1.82, 2.24) is 0 Å². The van der Waals surface area contributed by atoms with Crippen LogP contribution in [0.15, 0.2) is 89.3 Å². The molecule has 2 heteroatoms. The largest absolute Gasteiger partial charge is 0.456 e. The number of fused-ring (bicyclic) bond motifs is 5. The molecule has 5 rings (SSSR count). The SMILES string of the molecule is c1ccc(Nc2ccc3oc4ccc5ccccc5c4c3c2)cc1. The third kappa shape index (κ3) is 2.04. The Morgan fingerprint density at radius 1 is 0.583 bits per heavy atom. The summed E-state index contributed by atoms with van der Waals surface area (Å²) in [5.74, 6) is 0. The molecule has 0 amide bonds. The molecule has 1 aromatic heterocycles. The maximum absolute atomic E-state index is 6.04. The van der Waals surface area contributed by atoms with Gasteiger partial charge in [-0.3, -0.25) is 0 Å². The molecule has 0 atom stereocenters. The molecule has 0 spiro atoms. The first-order valence-corrected chi connectivity index (χ1v) is 8.04. The minimum absolute atomic E-state index is 0.917. The summed E-state index contributed by atoms with van der Waals surface area (Å²) < 4.78 is 6.04. The Kier molecular flexibility index (Phi) is 2.83. The van der Waals surface area contributed by atoms with Crippen LogP contribution in [0.3, 0.4) is 0 Å². The van der Waals surface area contributed by atoms with Gasteiger partial charge >= 0.3 is 0 Å². The van der Waals surface area contributed by atoms with E-state index >= 15 is 0 Å². The number of anilines is 2. The molecular formula is C22H15NO. The predicted octanol–water partition coefficient (Wildman–Crippen LogP) is 6.48. The first-order valence-electron chi connectivity index (χ1n) is 8.04. The Hall–Kier alpha value is -3.26. The van der Waals surface area contributed by atoms with Gasteiger partial charge < -0.3 is 9.73 Å². The van der Waals surface area contributed by atoms with Crippen LogP contribution in [0, 0.1) is 0 Å². The number of hydrogen-bond donors (Lipinski definition) is 1. The van der Waals surface area contributed by atoms with Gasteiger partial charge in [-0.05, 0) is 47.2 Å². The van der Waals surface area contributed by atoms with E-state index in [1.54, 1.807) is 0 Å². The highest BCUT2D eigenvalue weighted by atomic mass is 16.3.